The van der Waals surface area contributed by atoms with Crippen LogP contribution in [-0.4, -0.2) is 24.3 Å². The maximum Gasteiger partial charge on any atom is 0.104 e. The molecule has 0 aromatic heterocycles. The lowest BCUT2D eigenvalue weighted by molar-refractivity contribution is 0.0750. The Morgan fingerprint density at radius 2 is 1.88 bits per heavy atom. The van der Waals surface area contributed by atoms with Crippen molar-refractivity contribution < 1.29 is 4.74 Å². The van der Waals surface area contributed by atoms with Gasteiger partial charge in [-0.1, -0.05) is 0 Å². The van der Waals surface area contributed by atoms with Crippen LogP contribution in [-0.2, 0) is 4.74 Å². The lowest BCUT2D eigenvalue weighted by atomic mass is 9.96. The summed E-state index contributed by atoms with van der Waals surface area (Å²) < 4.78 is 5.47. The highest BCUT2D eigenvalue weighted by Gasteiger charge is 2.23. The van der Waals surface area contributed by atoms with E-state index >= 15 is 0 Å². The van der Waals surface area contributed by atoms with Crippen LogP contribution in [0.3, 0.4) is 0 Å². The first-order valence-corrected chi connectivity index (χ1v) is 6.20. The lowest BCUT2D eigenvalue weighted by Crippen LogP contribution is -2.44. The van der Waals surface area contributed by atoms with E-state index in [9.17, 15) is 0 Å². The van der Waals surface area contributed by atoms with Gasteiger partial charge >= 0.3 is 0 Å². The zero-order chi connectivity index (χ0) is 12.6. The fourth-order valence-corrected chi connectivity index (χ4v) is 1.70. The van der Waals surface area contributed by atoms with E-state index < -0.39 is 5.54 Å². The first-order chi connectivity index (χ1) is 7.39. The summed E-state index contributed by atoms with van der Waals surface area (Å²) in [6.07, 6.45) is 3.23. The molecule has 1 unspecified atom stereocenters. The molecule has 0 bridgehead atoms. The SMILES string of the molecule is CC(C)NC(C)(C#N)CCCCOC(C)C. The third kappa shape index (κ3) is 7.67. The topological polar surface area (TPSA) is 45.0 Å². The molecule has 0 heterocycles. The highest BCUT2D eigenvalue weighted by atomic mass is 16.5. The van der Waals surface area contributed by atoms with Gasteiger partial charge in [-0.05, 0) is 53.9 Å². The van der Waals surface area contributed by atoms with Crippen LogP contribution in [0, 0.1) is 11.3 Å². The number of ether oxygens (including phenoxy) is 1. The second-order valence-electron chi connectivity index (χ2n) is 5.12. The van der Waals surface area contributed by atoms with E-state index in [1.807, 2.05) is 20.8 Å². The van der Waals surface area contributed by atoms with Gasteiger partial charge in [-0.25, -0.2) is 0 Å². The molecule has 0 radical (unpaired) electrons. The van der Waals surface area contributed by atoms with E-state index in [1.165, 1.54) is 0 Å². The van der Waals surface area contributed by atoms with Gasteiger partial charge in [0.2, 0.25) is 0 Å². The van der Waals surface area contributed by atoms with Gasteiger partial charge in [0, 0.05) is 12.6 Å². The van der Waals surface area contributed by atoms with Crippen LogP contribution in [0.5, 0.6) is 0 Å². The van der Waals surface area contributed by atoms with E-state index in [0.717, 1.165) is 25.9 Å². The summed E-state index contributed by atoms with van der Waals surface area (Å²) in [5.41, 5.74) is -0.397. The zero-order valence-electron chi connectivity index (χ0n) is 11.3. The molecular formula is C13H26N2O. The largest absolute Gasteiger partial charge is 0.379 e. The predicted octanol–water partition coefficient (Wildman–Crippen LogP) is 2.86. The average Bonchev–Trinajstić information content (AvgIpc) is 2.15. The fourth-order valence-electron chi connectivity index (χ4n) is 1.70. The Morgan fingerprint density at radius 1 is 1.25 bits per heavy atom. The second kappa shape index (κ2) is 7.65. The molecule has 0 saturated carbocycles. The van der Waals surface area contributed by atoms with Crippen LogP contribution in [0.4, 0.5) is 0 Å². The summed E-state index contributed by atoms with van der Waals surface area (Å²) in [6, 6.07) is 2.70. The number of nitriles is 1. The van der Waals surface area contributed by atoms with E-state index in [4.69, 9.17) is 10.00 Å². The van der Waals surface area contributed by atoms with Gasteiger partial charge in [0.1, 0.15) is 5.54 Å². The normalized spacial score (nSPS) is 15.1. The molecule has 3 heteroatoms. The first kappa shape index (κ1) is 15.4. The van der Waals surface area contributed by atoms with Crippen LogP contribution in [0.2, 0.25) is 0 Å². The van der Waals surface area contributed by atoms with Crippen LogP contribution in [0.25, 0.3) is 0 Å². The minimum atomic E-state index is -0.397. The molecule has 16 heavy (non-hydrogen) atoms. The van der Waals surface area contributed by atoms with Crippen molar-refractivity contribution in [2.24, 2.45) is 0 Å². The van der Waals surface area contributed by atoms with E-state index in [2.05, 4.69) is 25.2 Å². The van der Waals surface area contributed by atoms with E-state index in [1.54, 1.807) is 0 Å². The third-order valence-corrected chi connectivity index (χ3v) is 2.38. The van der Waals surface area contributed by atoms with Crippen molar-refractivity contribution in [1.82, 2.24) is 5.32 Å². The Bertz CT molecular complexity index is 220. The van der Waals surface area contributed by atoms with Crippen molar-refractivity contribution in [3.05, 3.63) is 0 Å². The minimum Gasteiger partial charge on any atom is -0.379 e. The summed E-state index contributed by atoms with van der Waals surface area (Å²) in [7, 11) is 0. The quantitative estimate of drug-likeness (QED) is 0.647. The monoisotopic (exact) mass is 226 g/mol. The highest BCUT2D eigenvalue weighted by Crippen LogP contribution is 2.14. The van der Waals surface area contributed by atoms with Gasteiger partial charge in [-0.2, -0.15) is 5.26 Å². The molecule has 0 aromatic carbocycles. The lowest BCUT2D eigenvalue weighted by Gasteiger charge is -2.25. The molecule has 0 aromatic rings. The maximum atomic E-state index is 9.14. The van der Waals surface area contributed by atoms with Crippen molar-refractivity contribution in [2.45, 2.75) is 71.6 Å². The highest BCUT2D eigenvalue weighted by molar-refractivity contribution is 5.04. The molecule has 0 rings (SSSR count). The van der Waals surface area contributed by atoms with Crippen molar-refractivity contribution in [3.63, 3.8) is 0 Å². The summed E-state index contributed by atoms with van der Waals surface area (Å²) >= 11 is 0. The summed E-state index contributed by atoms with van der Waals surface area (Å²) in [5.74, 6) is 0. The van der Waals surface area contributed by atoms with Crippen LogP contribution >= 0.6 is 0 Å². The van der Waals surface area contributed by atoms with E-state index in [-0.39, 0.29) is 0 Å². The Kier molecular flexibility index (Phi) is 7.36. The summed E-state index contributed by atoms with van der Waals surface area (Å²) in [6.45, 7) is 11.0. The average molecular weight is 226 g/mol. The second-order valence-corrected chi connectivity index (χ2v) is 5.12. The van der Waals surface area contributed by atoms with Crippen molar-refractivity contribution in [2.75, 3.05) is 6.61 Å². The predicted molar refractivity (Wildman–Crippen MR) is 67.2 cm³/mol. The molecule has 0 fully saturated rings. The smallest absolute Gasteiger partial charge is 0.104 e. The Balaban J connectivity index is 3.75. The van der Waals surface area contributed by atoms with Crippen LogP contribution in [0.1, 0.15) is 53.9 Å². The van der Waals surface area contributed by atoms with Crippen molar-refractivity contribution in [3.8, 4) is 6.07 Å². The van der Waals surface area contributed by atoms with Crippen molar-refractivity contribution in [1.29, 1.82) is 5.26 Å². The first-order valence-electron chi connectivity index (χ1n) is 6.20. The van der Waals surface area contributed by atoms with Gasteiger partial charge in [0.25, 0.3) is 0 Å². The molecule has 1 atom stereocenters. The molecule has 0 amide bonds. The summed E-state index contributed by atoms with van der Waals surface area (Å²) in [4.78, 5) is 0. The number of hydrogen-bond donors (Lipinski definition) is 1. The maximum absolute atomic E-state index is 9.14. The number of hydrogen-bond acceptors (Lipinski definition) is 3. The number of rotatable bonds is 8. The Hall–Kier alpha value is -0.590. The summed E-state index contributed by atoms with van der Waals surface area (Å²) in [5, 5.41) is 12.4. The van der Waals surface area contributed by atoms with E-state index in [0.29, 0.717) is 12.1 Å². The number of nitrogens with zero attached hydrogens (tertiary/aromatic N) is 1. The number of unbranched alkanes of at least 4 members (excludes halogenated alkanes) is 1. The zero-order valence-corrected chi connectivity index (χ0v) is 11.3. The Labute approximate surface area is 100 Å². The van der Waals surface area contributed by atoms with Gasteiger partial charge in [0.15, 0.2) is 0 Å². The van der Waals surface area contributed by atoms with Gasteiger partial charge in [-0.15, -0.1) is 0 Å². The molecule has 3 nitrogen and oxygen atoms in total. The molecule has 0 aliphatic carbocycles. The molecule has 0 aliphatic heterocycles. The minimum absolute atomic E-state index is 0.302. The molecule has 94 valence electrons. The van der Waals surface area contributed by atoms with Gasteiger partial charge in [-0.3, -0.25) is 5.32 Å². The molecule has 0 saturated heterocycles. The molecule has 1 N–H and O–H groups in total. The van der Waals surface area contributed by atoms with Crippen molar-refractivity contribution >= 4 is 0 Å². The molecular weight excluding hydrogens is 200 g/mol. The number of nitrogens with one attached hydrogen (secondary N) is 1. The molecule has 0 aliphatic rings. The fraction of sp³-hybridized carbons (Fsp3) is 0.923. The standard InChI is InChI=1S/C13H26N2O/c1-11(2)15-13(5,10-14)8-6-7-9-16-12(3)4/h11-12,15H,6-9H2,1-5H3. The van der Waals surface area contributed by atoms with Crippen LogP contribution < -0.4 is 5.32 Å². The molecule has 0 spiro atoms. The van der Waals surface area contributed by atoms with Gasteiger partial charge < -0.3 is 4.74 Å². The van der Waals surface area contributed by atoms with Crippen LogP contribution in [0.15, 0.2) is 0 Å². The Morgan fingerprint density at radius 3 is 2.31 bits per heavy atom. The van der Waals surface area contributed by atoms with Gasteiger partial charge in [0.05, 0.1) is 12.2 Å². The third-order valence-electron chi connectivity index (χ3n) is 2.38.